The summed E-state index contributed by atoms with van der Waals surface area (Å²) in [4.78, 5) is 25.6. The van der Waals surface area contributed by atoms with Gasteiger partial charge in [0.25, 0.3) is 0 Å². The van der Waals surface area contributed by atoms with E-state index >= 15 is 0 Å². The van der Waals surface area contributed by atoms with Crippen LogP contribution in [0.3, 0.4) is 0 Å². The first kappa shape index (κ1) is 13.6. The van der Waals surface area contributed by atoms with Gasteiger partial charge in [-0.25, -0.2) is 0 Å². The van der Waals surface area contributed by atoms with Gasteiger partial charge in [0.2, 0.25) is 5.91 Å². The number of carbonyl (C=O) groups is 2. The molecule has 0 N–H and O–H groups in total. The van der Waals surface area contributed by atoms with E-state index in [-0.39, 0.29) is 17.7 Å². The predicted molar refractivity (Wildman–Crippen MR) is 73.8 cm³/mol. The Morgan fingerprint density at radius 1 is 1.37 bits per heavy atom. The molecule has 1 amide bonds. The third kappa shape index (κ3) is 2.78. The SMILES string of the molecule is CCC(=O)c1cc(OC)ccc1N(C(C)=O)C1CC1. The van der Waals surface area contributed by atoms with E-state index in [1.165, 1.54) is 0 Å². The second-order valence-electron chi connectivity index (χ2n) is 4.78. The van der Waals surface area contributed by atoms with E-state index in [1.54, 1.807) is 37.1 Å². The lowest BCUT2D eigenvalue weighted by Gasteiger charge is -2.23. The lowest BCUT2D eigenvalue weighted by atomic mass is 10.0. The topological polar surface area (TPSA) is 46.6 Å². The van der Waals surface area contributed by atoms with Gasteiger partial charge in [-0.3, -0.25) is 9.59 Å². The molecule has 1 aromatic carbocycles. The summed E-state index contributed by atoms with van der Waals surface area (Å²) in [5.74, 6) is 0.651. The van der Waals surface area contributed by atoms with Gasteiger partial charge in [-0.2, -0.15) is 0 Å². The van der Waals surface area contributed by atoms with Crippen molar-refractivity contribution in [1.82, 2.24) is 0 Å². The number of ketones is 1. The number of rotatable bonds is 5. The number of benzene rings is 1. The van der Waals surface area contributed by atoms with Crippen LogP contribution in [-0.2, 0) is 4.79 Å². The fourth-order valence-electron chi connectivity index (χ4n) is 2.22. The highest BCUT2D eigenvalue weighted by molar-refractivity contribution is 6.06. The Hall–Kier alpha value is -1.84. The Morgan fingerprint density at radius 2 is 2.05 bits per heavy atom. The van der Waals surface area contributed by atoms with Gasteiger partial charge in [0, 0.05) is 24.9 Å². The van der Waals surface area contributed by atoms with Gasteiger partial charge in [0.05, 0.1) is 12.8 Å². The first-order valence-electron chi connectivity index (χ1n) is 6.59. The van der Waals surface area contributed by atoms with E-state index in [0.717, 1.165) is 12.8 Å². The third-order valence-corrected chi connectivity index (χ3v) is 3.34. The Morgan fingerprint density at radius 3 is 2.53 bits per heavy atom. The van der Waals surface area contributed by atoms with Crippen LogP contribution in [0.25, 0.3) is 0 Å². The molecule has 0 bridgehead atoms. The van der Waals surface area contributed by atoms with E-state index in [1.807, 2.05) is 6.92 Å². The number of methoxy groups -OCH3 is 1. The van der Waals surface area contributed by atoms with Crippen LogP contribution in [0.5, 0.6) is 5.75 Å². The van der Waals surface area contributed by atoms with Crippen molar-refractivity contribution in [1.29, 1.82) is 0 Å². The van der Waals surface area contributed by atoms with Crippen molar-refractivity contribution >= 4 is 17.4 Å². The van der Waals surface area contributed by atoms with Gasteiger partial charge in [0.1, 0.15) is 5.75 Å². The first-order chi connectivity index (χ1) is 9.08. The van der Waals surface area contributed by atoms with Gasteiger partial charge >= 0.3 is 0 Å². The summed E-state index contributed by atoms with van der Waals surface area (Å²) in [6.45, 7) is 3.36. The summed E-state index contributed by atoms with van der Waals surface area (Å²) in [7, 11) is 1.57. The molecule has 0 saturated heterocycles. The Kier molecular flexibility index (Phi) is 3.88. The van der Waals surface area contributed by atoms with Crippen molar-refractivity contribution in [3.63, 3.8) is 0 Å². The molecule has 0 aromatic heterocycles. The van der Waals surface area contributed by atoms with E-state index in [0.29, 0.717) is 23.4 Å². The normalized spacial score (nSPS) is 14.1. The average molecular weight is 261 g/mol. The standard InChI is InChI=1S/C15H19NO3/c1-4-15(18)13-9-12(19-3)7-8-14(13)16(10(2)17)11-5-6-11/h7-9,11H,4-6H2,1-3H3. The zero-order valence-electron chi connectivity index (χ0n) is 11.6. The zero-order valence-corrected chi connectivity index (χ0v) is 11.6. The van der Waals surface area contributed by atoms with Crippen LogP contribution in [0.1, 0.15) is 43.5 Å². The average Bonchev–Trinajstić information content (AvgIpc) is 3.22. The number of hydrogen-bond donors (Lipinski definition) is 0. The minimum Gasteiger partial charge on any atom is -0.497 e. The molecule has 0 heterocycles. The highest BCUT2D eigenvalue weighted by Gasteiger charge is 2.33. The molecule has 1 fully saturated rings. The van der Waals surface area contributed by atoms with E-state index < -0.39 is 0 Å². The van der Waals surface area contributed by atoms with Crippen LogP contribution < -0.4 is 9.64 Å². The molecule has 2 rings (SSSR count). The largest absolute Gasteiger partial charge is 0.497 e. The van der Waals surface area contributed by atoms with Crippen molar-refractivity contribution in [2.24, 2.45) is 0 Å². The molecule has 1 aliphatic rings. The summed E-state index contributed by atoms with van der Waals surface area (Å²) < 4.78 is 5.17. The fraction of sp³-hybridized carbons (Fsp3) is 0.467. The Balaban J connectivity index is 2.48. The van der Waals surface area contributed by atoms with Crippen molar-refractivity contribution in [3.05, 3.63) is 23.8 Å². The van der Waals surface area contributed by atoms with Gasteiger partial charge < -0.3 is 9.64 Å². The Labute approximate surface area is 113 Å². The maximum Gasteiger partial charge on any atom is 0.224 e. The number of hydrogen-bond acceptors (Lipinski definition) is 3. The number of carbonyl (C=O) groups excluding carboxylic acids is 2. The maximum absolute atomic E-state index is 12.1. The van der Waals surface area contributed by atoms with Crippen molar-refractivity contribution in [2.75, 3.05) is 12.0 Å². The van der Waals surface area contributed by atoms with E-state index in [9.17, 15) is 9.59 Å². The summed E-state index contributed by atoms with van der Waals surface area (Å²) in [5, 5.41) is 0. The number of anilines is 1. The van der Waals surface area contributed by atoms with Crippen LogP contribution in [0.4, 0.5) is 5.69 Å². The molecular weight excluding hydrogens is 242 g/mol. The molecular formula is C15H19NO3. The molecule has 102 valence electrons. The fourth-order valence-corrected chi connectivity index (χ4v) is 2.22. The van der Waals surface area contributed by atoms with Crippen LogP contribution in [-0.4, -0.2) is 24.8 Å². The number of Topliss-reactive ketones (excluding diaryl/α,β-unsaturated/α-hetero) is 1. The van der Waals surface area contributed by atoms with Crippen LogP contribution in [0, 0.1) is 0 Å². The lowest BCUT2D eigenvalue weighted by molar-refractivity contribution is -0.116. The number of nitrogens with zero attached hydrogens (tertiary/aromatic N) is 1. The van der Waals surface area contributed by atoms with E-state index in [2.05, 4.69) is 0 Å². The lowest BCUT2D eigenvalue weighted by Crippen LogP contribution is -2.32. The monoisotopic (exact) mass is 261 g/mol. The highest BCUT2D eigenvalue weighted by atomic mass is 16.5. The zero-order chi connectivity index (χ0) is 14.0. The van der Waals surface area contributed by atoms with E-state index in [4.69, 9.17) is 4.74 Å². The van der Waals surface area contributed by atoms with Gasteiger partial charge in [-0.15, -0.1) is 0 Å². The van der Waals surface area contributed by atoms with Gasteiger partial charge in [0.15, 0.2) is 5.78 Å². The van der Waals surface area contributed by atoms with Crippen LogP contribution in [0.15, 0.2) is 18.2 Å². The predicted octanol–water partition coefficient (Wildman–Crippen LogP) is 2.80. The summed E-state index contributed by atoms with van der Waals surface area (Å²) in [5.41, 5.74) is 1.28. The Bertz CT molecular complexity index is 506. The third-order valence-electron chi connectivity index (χ3n) is 3.34. The van der Waals surface area contributed by atoms with Gasteiger partial charge in [-0.05, 0) is 31.0 Å². The molecule has 1 saturated carbocycles. The molecule has 1 aromatic rings. The summed E-state index contributed by atoms with van der Waals surface area (Å²) >= 11 is 0. The second-order valence-corrected chi connectivity index (χ2v) is 4.78. The van der Waals surface area contributed by atoms with Crippen molar-refractivity contribution in [3.8, 4) is 5.75 Å². The van der Waals surface area contributed by atoms with Crippen molar-refractivity contribution in [2.45, 2.75) is 39.2 Å². The number of amides is 1. The molecule has 0 aliphatic heterocycles. The van der Waals surface area contributed by atoms with Gasteiger partial charge in [-0.1, -0.05) is 6.92 Å². The minimum absolute atomic E-state index is 0.0159. The molecule has 4 heteroatoms. The summed E-state index contributed by atoms with van der Waals surface area (Å²) in [6, 6.07) is 5.57. The smallest absolute Gasteiger partial charge is 0.224 e. The molecule has 19 heavy (non-hydrogen) atoms. The number of ether oxygens (including phenoxy) is 1. The molecule has 0 unspecified atom stereocenters. The molecule has 1 aliphatic carbocycles. The maximum atomic E-state index is 12.1. The van der Waals surface area contributed by atoms with Crippen LogP contribution in [0.2, 0.25) is 0 Å². The highest BCUT2D eigenvalue weighted by Crippen LogP contribution is 2.35. The van der Waals surface area contributed by atoms with Crippen molar-refractivity contribution < 1.29 is 14.3 Å². The summed E-state index contributed by atoms with van der Waals surface area (Å²) in [6.07, 6.45) is 2.42. The minimum atomic E-state index is -0.0159. The second kappa shape index (κ2) is 5.43. The molecule has 0 radical (unpaired) electrons. The molecule has 0 atom stereocenters. The first-order valence-corrected chi connectivity index (χ1v) is 6.59. The quantitative estimate of drug-likeness (QED) is 0.766. The molecule has 0 spiro atoms. The molecule has 4 nitrogen and oxygen atoms in total. The van der Waals surface area contributed by atoms with Crippen LogP contribution >= 0.6 is 0 Å².